The summed E-state index contributed by atoms with van der Waals surface area (Å²) in [5.74, 6) is 4.97. The lowest BCUT2D eigenvalue weighted by Crippen LogP contribution is -2.34. The SMILES string of the molecule is CCCC(CC)C(C)CC1CC(C)C1C. The van der Waals surface area contributed by atoms with Crippen molar-refractivity contribution in [3.8, 4) is 0 Å². The Bertz CT molecular complexity index is 173. The van der Waals surface area contributed by atoms with Gasteiger partial charge >= 0.3 is 0 Å². The van der Waals surface area contributed by atoms with Gasteiger partial charge in [0.2, 0.25) is 0 Å². The van der Waals surface area contributed by atoms with Gasteiger partial charge in [0.05, 0.1) is 0 Å². The molecule has 0 aliphatic heterocycles. The summed E-state index contributed by atoms with van der Waals surface area (Å²) in [7, 11) is 0. The van der Waals surface area contributed by atoms with Crippen LogP contribution in [0.15, 0.2) is 0 Å². The van der Waals surface area contributed by atoms with Crippen LogP contribution in [-0.4, -0.2) is 0 Å². The van der Waals surface area contributed by atoms with Gasteiger partial charge in [-0.15, -0.1) is 0 Å². The minimum absolute atomic E-state index is 0.954. The molecule has 1 fully saturated rings. The molecule has 0 aromatic carbocycles. The molecule has 0 radical (unpaired) electrons. The van der Waals surface area contributed by atoms with Crippen molar-refractivity contribution in [2.75, 3.05) is 0 Å². The van der Waals surface area contributed by atoms with Crippen molar-refractivity contribution in [1.29, 1.82) is 0 Å². The summed E-state index contributed by atoms with van der Waals surface area (Å²) in [5, 5.41) is 0. The van der Waals surface area contributed by atoms with Crippen LogP contribution < -0.4 is 0 Å². The van der Waals surface area contributed by atoms with E-state index in [1.807, 2.05) is 0 Å². The van der Waals surface area contributed by atoms with Crippen LogP contribution in [0.3, 0.4) is 0 Å². The van der Waals surface area contributed by atoms with Gasteiger partial charge in [-0.25, -0.2) is 0 Å². The second-order valence-corrected chi connectivity index (χ2v) is 6.00. The van der Waals surface area contributed by atoms with Crippen LogP contribution in [0.5, 0.6) is 0 Å². The first-order valence-electron chi connectivity index (χ1n) is 7.10. The Balaban J connectivity index is 2.30. The van der Waals surface area contributed by atoms with E-state index in [-0.39, 0.29) is 0 Å². The van der Waals surface area contributed by atoms with E-state index in [9.17, 15) is 0 Å². The summed E-state index contributed by atoms with van der Waals surface area (Å²) < 4.78 is 0. The molecule has 5 unspecified atom stereocenters. The van der Waals surface area contributed by atoms with Crippen molar-refractivity contribution < 1.29 is 0 Å². The molecule has 15 heavy (non-hydrogen) atoms. The van der Waals surface area contributed by atoms with Crippen molar-refractivity contribution in [2.45, 2.75) is 66.7 Å². The zero-order chi connectivity index (χ0) is 11.4. The topological polar surface area (TPSA) is 0 Å². The predicted molar refractivity (Wildman–Crippen MR) is 68.9 cm³/mol. The third-order valence-electron chi connectivity index (χ3n) is 4.98. The summed E-state index contributed by atoms with van der Waals surface area (Å²) in [5.41, 5.74) is 0. The minimum Gasteiger partial charge on any atom is -0.0654 e. The largest absolute Gasteiger partial charge is 0.0654 e. The molecular weight excluding hydrogens is 180 g/mol. The highest BCUT2D eigenvalue weighted by Crippen LogP contribution is 2.44. The van der Waals surface area contributed by atoms with Gasteiger partial charge in [0.15, 0.2) is 0 Å². The van der Waals surface area contributed by atoms with Crippen LogP contribution in [0.1, 0.15) is 66.7 Å². The first-order valence-corrected chi connectivity index (χ1v) is 7.10. The maximum atomic E-state index is 2.49. The summed E-state index contributed by atoms with van der Waals surface area (Å²) in [6, 6.07) is 0. The van der Waals surface area contributed by atoms with Crippen LogP contribution in [0.25, 0.3) is 0 Å². The molecule has 1 saturated carbocycles. The standard InChI is InChI=1S/C15H30/c1-6-8-14(7-2)12(4)10-15-9-11(3)13(15)5/h11-15H,6-10H2,1-5H3. The molecule has 0 heterocycles. The van der Waals surface area contributed by atoms with Crippen LogP contribution >= 0.6 is 0 Å². The minimum atomic E-state index is 0.954. The third kappa shape index (κ3) is 3.23. The van der Waals surface area contributed by atoms with E-state index < -0.39 is 0 Å². The zero-order valence-electron chi connectivity index (χ0n) is 11.4. The molecule has 0 aromatic heterocycles. The average molecular weight is 210 g/mol. The van der Waals surface area contributed by atoms with Crippen molar-refractivity contribution in [3.05, 3.63) is 0 Å². The van der Waals surface area contributed by atoms with Crippen molar-refractivity contribution in [2.24, 2.45) is 29.6 Å². The van der Waals surface area contributed by atoms with Gasteiger partial charge in [0.25, 0.3) is 0 Å². The third-order valence-corrected chi connectivity index (χ3v) is 4.98. The van der Waals surface area contributed by atoms with Crippen molar-refractivity contribution in [1.82, 2.24) is 0 Å². The highest BCUT2D eigenvalue weighted by molar-refractivity contribution is 4.85. The Kier molecular flexibility index (Phi) is 5.15. The molecule has 1 rings (SSSR count). The molecule has 1 aliphatic rings. The fourth-order valence-electron chi connectivity index (χ4n) is 3.42. The van der Waals surface area contributed by atoms with Crippen LogP contribution in [0, 0.1) is 29.6 Å². The Morgan fingerprint density at radius 2 is 1.87 bits per heavy atom. The highest BCUT2D eigenvalue weighted by Gasteiger charge is 2.35. The number of hydrogen-bond acceptors (Lipinski definition) is 0. The second-order valence-electron chi connectivity index (χ2n) is 6.00. The quantitative estimate of drug-likeness (QED) is 0.570. The van der Waals surface area contributed by atoms with Crippen LogP contribution in [-0.2, 0) is 0 Å². The molecule has 90 valence electrons. The molecule has 0 bridgehead atoms. The number of rotatable bonds is 6. The van der Waals surface area contributed by atoms with E-state index >= 15 is 0 Å². The first-order chi connectivity index (χ1) is 7.10. The fraction of sp³-hybridized carbons (Fsp3) is 1.00. The Hall–Kier alpha value is 0. The lowest BCUT2D eigenvalue weighted by Gasteiger charge is -2.43. The Morgan fingerprint density at radius 3 is 2.27 bits per heavy atom. The molecular formula is C15H30. The monoisotopic (exact) mass is 210 g/mol. The van der Waals surface area contributed by atoms with Crippen molar-refractivity contribution >= 4 is 0 Å². The fourth-order valence-corrected chi connectivity index (χ4v) is 3.42. The second kappa shape index (κ2) is 5.92. The van der Waals surface area contributed by atoms with Crippen molar-refractivity contribution in [3.63, 3.8) is 0 Å². The van der Waals surface area contributed by atoms with E-state index in [2.05, 4.69) is 34.6 Å². The highest BCUT2D eigenvalue weighted by atomic mass is 14.4. The van der Waals surface area contributed by atoms with Gasteiger partial charge in [-0.3, -0.25) is 0 Å². The molecule has 0 spiro atoms. The summed E-state index contributed by atoms with van der Waals surface area (Å²) in [6.07, 6.45) is 7.16. The summed E-state index contributed by atoms with van der Waals surface area (Å²) >= 11 is 0. The Morgan fingerprint density at radius 1 is 1.20 bits per heavy atom. The molecule has 0 heteroatoms. The molecule has 0 nitrogen and oxygen atoms in total. The molecule has 0 amide bonds. The van der Waals surface area contributed by atoms with Crippen LogP contribution in [0.2, 0.25) is 0 Å². The maximum absolute atomic E-state index is 2.49. The molecule has 1 aliphatic carbocycles. The number of hydrogen-bond donors (Lipinski definition) is 0. The predicted octanol–water partition coefficient (Wildman–Crippen LogP) is 5.13. The molecule has 0 aromatic rings. The lowest BCUT2D eigenvalue weighted by atomic mass is 9.62. The maximum Gasteiger partial charge on any atom is -0.0381 e. The van der Waals surface area contributed by atoms with Gasteiger partial charge in [-0.2, -0.15) is 0 Å². The van der Waals surface area contributed by atoms with E-state index in [0.29, 0.717) is 0 Å². The summed E-state index contributed by atoms with van der Waals surface area (Å²) in [4.78, 5) is 0. The van der Waals surface area contributed by atoms with Gasteiger partial charge in [0, 0.05) is 0 Å². The molecule has 5 atom stereocenters. The van der Waals surface area contributed by atoms with E-state index in [1.54, 1.807) is 0 Å². The van der Waals surface area contributed by atoms with Gasteiger partial charge in [-0.05, 0) is 42.4 Å². The summed E-state index contributed by atoms with van der Waals surface area (Å²) in [6.45, 7) is 12.0. The van der Waals surface area contributed by atoms with Gasteiger partial charge in [0.1, 0.15) is 0 Å². The zero-order valence-corrected chi connectivity index (χ0v) is 11.4. The molecule has 0 saturated heterocycles. The average Bonchev–Trinajstić information content (AvgIpc) is 2.24. The molecule has 0 N–H and O–H groups in total. The lowest BCUT2D eigenvalue weighted by molar-refractivity contribution is 0.0690. The van der Waals surface area contributed by atoms with Crippen LogP contribution in [0.4, 0.5) is 0 Å². The smallest absolute Gasteiger partial charge is 0.0381 e. The van der Waals surface area contributed by atoms with Gasteiger partial charge in [-0.1, -0.05) is 53.9 Å². The van der Waals surface area contributed by atoms with E-state index in [0.717, 1.165) is 29.6 Å². The normalized spacial score (nSPS) is 34.6. The van der Waals surface area contributed by atoms with E-state index in [4.69, 9.17) is 0 Å². The Labute approximate surface area is 96.8 Å². The van der Waals surface area contributed by atoms with E-state index in [1.165, 1.54) is 32.1 Å². The first kappa shape index (κ1) is 13.1. The van der Waals surface area contributed by atoms with Gasteiger partial charge < -0.3 is 0 Å².